The first kappa shape index (κ1) is 71.2. The maximum atomic E-state index is 6.15. The fourth-order valence-electron chi connectivity index (χ4n) is 16.8. The molecule has 6 aromatic heterocycles. The molecule has 0 amide bonds. The Labute approximate surface area is 696 Å². The molecular weight excluding hydrogens is 1480 g/mol. The van der Waals surface area contributed by atoms with Gasteiger partial charge in [-0.25, -0.2) is 29.9 Å². The van der Waals surface area contributed by atoms with Crippen LogP contribution in [0.2, 0.25) is 0 Å². The van der Waals surface area contributed by atoms with Crippen LogP contribution in [0.4, 0.5) is 0 Å². The van der Waals surface area contributed by atoms with Gasteiger partial charge in [0.15, 0.2) is 5.82 Å². The number of nitrogens with zero attached hydrogens (tertiary/aromatic N) is 6. The lowest BCUT2D eigenvalue weighted by Gasteiger charge is -2.12. The molecule has 24 rings (SSSR count). The van der Waals surface area contributed by atoms with Gasteiger partial charge in [-0.2, -0.15) is 0 Å². The van der Waals surface area contributed by atoms with Crippen molar-refractivity contribution in [2.24, 2.45) is 0 Å². The summed E-state index contributed by atoms with van der Waals surface area (Å²) in [6, 6.07) is 147. The van der Waals surface area contributed by atoms with Crippen molar-refractivity contribution in [3.8, 4) is 123 Å². The molecule has 9 nitrogen and oxygen atoms in total. The highest BCUT2D eigenvalue weighted by molar-refractivity contribution is 6.13. The van der Waals surface area contributed by atoms with Crippen molar-refractivity contribution < 1.29 is 13.3 Å². The number of hydrogen-bond acceptors (Lipinski definition) is 9. The highest BCUT2D eigenvalue weighted by Crippen LogP contribution is 2.43. The summed E-state index contributed by atoms with van der Waals surface area (Å²) in [6.07, 6.45) is 0. The Morgan fingerprint density at radius 1 is 0.149 bits per heavy atom. The zero-order valence-electron chi connectivity index (χ0n) is 65.3. The molecular formula is C112H70N6O3. The van der Waals surface area contributed by atoms with Crippen LogP contribution in [0.5, 0.6) is 0 Å². The average molecular weight is 1550 g/mol. The van der Waals surface area contributed by atoms with Crippen LogP contribution >= 0.6 is 0 Å². The Bertz CT molecular complexity index is 8070. The first-order valence-corrected chi connectivity index (χ1v) is 40.6. The third kappa shape index (κ3) is 13.7. The summed E-state index contributed by atoms with van der Waals surface area (Å²) >= 11 is 0. The highest BCUT2D eigenvalue weighted by Gasteiger charge is 2.21. The highest BCUT2D eigenvalue weighted by atomic mass is 16.3. The molecule has 0 aliphatic heterocycles. The third-order valence-corrected chi connectivity index (χ3v) is 22.8. The van der Waals surface area contributed by atoms with Crippen molar-refractivity contribution in [1.82, 2.24) is 29.9 Å². The molecule has 0 saturated heterocycles. The van der Waals surface area contributed by atoms with E-state index >= 15 is 0 Å². The summed E-state index contributed by atoms with van der Waals surface area (Å²) in [5.74, 6) is 0.730. The lowest BCUT2D eigenvalue weighted by molar-refractivity contribution is 0.668. The molecule has 0 saturated carbocycles. The quantitative estimate of drug-likeness (QED) is 0.125. The molecule has 0 fully saturated rings. The second-order valence-corrected chi connectivity index (χ2v) is 30.3. The molecule has 0 N–H and O–H groups in total. The molecule has 24 aromatic rings. The van der Waals surface area contributed by atoms with Gasteiger partial charge in [0.2, 0.25) is 0 Å². The van der Waals surface area contributed by atoms with Gasteiger partial charge >= 0.3 is 0 Å². The maximum absolute atomic E-state index is 6.15. The van der Waals surface area contributed by atoms with Crippen molar-refractivity contribution in [3.05, 3.63) is 425 Å². The largest absolute Gasteiger partial charge is 0.456 e. The van der Waals surface area contributed by atoms with Crippen LogP contribution in [0, 0.1) is 0 Å². The van der Waals surface area contributed by atoms with Gasteiger partial charge in [-0.15, -0.1) is 0 Å². The molecule has 121 heavy (non-hydrogen) atoms. The van der Waals surface area contributed by atoms with Crippen LogP contribution < -0.4 is 0 Å². The van der Waals surface area contributed by atoms with Crippen molar-refractivity contribution >= 4 is 110 Å². The first-order chi connectivity index (χ1) is 59.9. The lowest BCUT2D eigenvalue weighted by atomic mass is 9.96. The Balaban J connectivity index is 0.000000110. The average Bonchev–Trinajstić information content (AvgIpc) is 1.35. The van der Waals surface area contributed by atoms with Crippen LogP contribution in [0.25, 0.3) is 233 Å². The fourth-order valence-corrected chi connectivity index (χ4v) is 16.8. The van der Waals surface area contributed by atoms with Crippen LogP contribution in [-0.4, -0.2) is 29.9 Å². The summed E-state index contributed by atoms with van der Waals surface area (Å²) in [5.41, 5.74) is 31.9. The van der Waals surface area contributed by atoms with Crippen molar-refractivity contribution in [3.63, 3.8) is 0 Å². The number of hydrogen-bond donors (Lipinski definition) is 0. The summed E-state index contributed by atoms with van der Waals surface area (Å²) < 4.78 is 18.4. The minimum atomic E-state index is 0.730. The van der Waals surface area contributed by atoms with Gasteiger partial charge in [0.1, 0.15) is 33.5 Å². The maximum Gasteiger partial charge on any atom is 0.160 e. The van der Waals surface area contributed by atoms with E-state index in [0.29, 0.717) is 0 Å². The standard InChI is InChI=1S/C42H26N2O.C38H24N2O.C32H20N2O/c1-2-9-32-26-33(25-18-27(32)8-1)28-16-21-30(22-17-28)41-42(44-37-13-5-4-12-36(37)43-41)31-23-19-29(20-24-31)34-11-7-15-39-40(34)35-10-3-6-14-38(35)45-39;1-3-10-25(11-4-1)37-38(26-12-5-2-6-13-26)40-34-23-29(19-21-33(34)39-37)27-14-9-15-28(22-27)30-18-20-32-31-16-7-8-17-35(31)41-36(32)24-30;1-3-9-21(10-4-1)31-27-19-23(16-18-28(27)33-32(34-31)22-11-5-2-6-12-22)24-15-17-26-25-13-7-8-14-29(25)35-30(26)20-24/h1-26H;1-24H;1-20H. The smallest absolute Gasteiger partial charge is 0.160 e. The van der Waals surface area contributed by atoms with E-state index in [-0.39, 0.29) is 0 Å². The second-order valence-electron chi connectivity index (χ2n) is 30.3. The van der Waals surface area contributed by atoms with Gasteiger partial charge in [0.25, 0.3) is 0 Å². The monoisotopic (exact) mass is 1550 g/mol. The van der Waals surface area contributed by atoms with Gasteiger partial charge in [0.05, 0.1) is 56.1 Å². The van der Waals surface area contributed by atoms with Gasteiger partial charge in [-0.3, -0.25) is 0 Å². The Morgan fingerprint density at radius 2 is 0.504 bits per heavy atom. The number of aromatic nitrogens is 6. The molecule has 0 aliphatic rings. The van der Waals surface area contributed by atoms with E-state index in [1.165, 1.54) is 21.9 Å². The van der Waals surface area contributed by atoms with Gasteiger partial charge in [0, 0.05) is 71.1 Å². The number of rotatable bonds is 11. The predicted octanol–water partition coefficient (Wildman–Crippen LogP) is 30.1. The van der Waals surface area contributed by atoms with Crippen LogP contribution in [-0.2, 0) is 0 Å². The van der Waals surface area contributed by atoms with Crippen LogP contribution in [0.3, 0.4) is 0 Å². The van der Waals surface area contributed by atoms with Gasteiger partial charge in [-0.1, -0.05) is 328 Å². The first-order valence-electron chi connectivity index (χ1n) is 40.6. The summed E-state index contributed by atoms with van der Waals surface area (Å²) in [7, 11) is 0. The predicted molar refractivity (Wildman–Crippen MR) is 498 cm³/mol. The molecule has 0 bridgehead atoms. The summed E-state index contributed by atoms with van der Waals surface area (Å²) in [6.45, 7) is 0. The molecule has 0 aliphatic carbocycles. The van der Waals surface area contributed by atoms with Gasteiger partial charge < -0.3 is 13.3 Å². The van der Waals surface area contributed by atoms with E-state index < -0.39 is 0 Å². The minimum absolute atomic E-state index is 0.730. The third-order valence-electron chi connectivity index (χ3n) is 22.8. The number of benzene rings is 18. The fraction of sp³-hybridized carbons (Fsp3) is 0. The number of fused-ring (bicyclic) bond motifs is 13. The molecule has 9 heteroatoms. The number of para-hydroxylation sites is 5. The van der Waals surface area contributed by atoms with E-state index in [2.05, 4.69) is 261 Å². The van der Waals surface area contributed by atoms with E-state index in [1.807, 2.05) is 164 Å². The SMILES string of the molecule is c1ccc(-c2nc(-c3ccccc3)c3cc(-c4ccc5c(c4)oc4ccccc45)ccc3n2)cc1.c1ccc(-c2nc3ccc(-c4cccc(-c5ccc6c(c5)oc5ccccc56)c4)cc3nc2-c2ccccc2)cc1.c1ccc2cc(-c3ccc(-c4nc5ccccc5nc4-c4ccc(-c5cccc6oc7ccccc7c56)cc4)cc3)ccc2c1. The van der Waals surface area contributed by atoms with E-state index in [1.54, 1.807) is 0 Å². The molecule has 0 unspecified atom stereocenters. The zero-order valence-corrected chi connectivity index (χ0v) is 65.3. The Hall–Kier alpha value is -16.4. The summed E-state index contributed by atoms with van der Waals surface area (Å²) in [4.78, 5) is 30.5. The van der Waals surface area contributed by atoms with Crippen molar-refractivity contribution in [2.45, 2.75) is 0 Å². The Morgan fingerprint density at radius 3 is 1.08 bits per heavy atom. The molecule has 18 aromatic carbocycles. The van der Waals surface area contributed by atoms with Gasteiger partial charge in [-0.05, 0) is 163 Å². The molecule has 0 atom stereocenters. The lowest BCUT2D eigenvalue weighted by Crippen LogP contribution is -1.95. The van der Waals surface area contributed by atoms with Crippen LogP contribution in [0.15, 0.2) is 438 Å². The van der Waals surface area contributed by atoms with Crippen molar-refractivity contribution in [1.29, 1.82) is 0 Å². The topological polar surface area (TPSA) is 117 Å². The normalized spacial score (nSPS) is 11.5. The van der Waals surface area contributed by atoms with Crippen LogP contribution in [0.1, 0.15) is 0 Å². The van der Waals surface area contributed by atoms with E-state index in [9.17, 15) is 0 Å². The minimum Gasteiger partial charge on any atom is -0.456 e. The molecule has 0 spiro atoms. The summed E-state index contributed by atoms with van der Waals surface area (Å²) in [5, 5.41) is 10.3. The van der Waals surface area contributed by atoms with E-state index in [4.69, 9.17) is 43.2 Å². The molecule has 0 radical (unpaired) electrons. The molecule has 566 valence electrons. The second kappa shape index (κ2) is 30.7. The van der Waals surface area contributed by atoms with Crippen molar-refractivity contribution in [2.75, 3.05) is 0 Å². The molecule has 6 heterocycles. The zero-order chi connectivity index (χ0) is 80.1. The number of furan rings is 3. The Kier molecular flexibility index (Phi) is 18.1. The van der Waals surface area contributed by atoms with E-state index in [0.717, 1.165) is 211 Å².